The van der Waals surface area contributed by atoms with Gasteiger partial charge >= 0.3 is 0 Å². The Morgan fingerprint density at radius 1 is 1.14 bits per heavy atom. The van der Waals surface area contributed by atoms with Crippen LogP contribution in [0.5, 0.6) is 0 Å². The predicted molar refractivity (Wildman–Crippen MR) is 62.5 cm³/mol. The summed E-state index contributed by atoms with van der Waals surface area (Å²) in [7, 11) is 4.05. The Bertz CT molecular complexity index is 143. The zero-order valence-electron chi connectivity index (χ0n) is 10.5. The minimum absolute atomic E-state index is 0.105. The number of hydrogen-bond acceptors (Lipinski definition) is 2. The highest BCUT2D eigenvalue weighted by Crippen LogP contribution is 2.20. The van der Waals surface area contributed by atoms with E-state index in [1.165, 1.54) is 19.3 Å². The van der Waals surface area contributed by atoms with Crippen LogP contribution in [0.4, 0.5) is 0 Å². The molecule has 1 unspecified atom stereocenters. The quantitative estimate of drug-likeness (QED) is 0.640. The summed E-state index contributed by atoms with van der Waals surface area (Å²) in [4.78, 5) is 2.09. The topological polar surface area (TPSA) is 23.5 Å². The molecule has 86 valence electrons. The lowest BCUT2D eigenvalue weighted by Gasteiger charge is -2.37. The van der Waals surface area contributed by atoms with Crippen molar-refractivity contribution in [1.82, 2.24) is 4.90 Å². The SMILES string of the molecule is CCCCCCC(O)C(C)(C)N(C)C. The summed E-state index contributed by atoms with van der Waals surface area (Å²) in [5.74, 6) is 0. The Morgan fingerprint density at radius 3 is 2.14 bits per heavy atom. The minimum Gasteiger partial charge on any atom is -0.391 e. The van der Waals surface area contributed by atoms with Crippen molar-refractivity contribution in [2.75, 3.05) is 14.1 Å². The van der Waals surface area contributed by atoms with Crippen molar-refractivity contribution in [1.29, 1.82) is 0 Å². The summed E-state index contributed by atoms with van der Waals surface area (Å²) in [6.07, 6.45) is 5.64. The highest BCUT2D eigenvalue weighted by atomic mass is 16.3. The number of aliphatic hydroxyl groups is 1. The van der Waals surface area contributed by atoms with E-state index in [0.29, 0.717) is 0 Å². The summed E-state index contributed by atoms with van der Waals surface area (Å²) in [5.41, 5.74) is -0.105. The zero-order chi connectivity index (χ0) is 11.2. The molecule has 0 aromatic heterocycles. The van der Waals surface area contributed by atoms with Gasteiger partial charge in [-0.3, -0.25) is 0 Å². The van der Waals surface area contributed by atoms with E-state index >= 15 is 0 Å². The normalized spacial score (nSPS) is 14.8. The lowest BCUT2D eigenvalue weighted by molar-refractivity contribution is 0.0109. The van der Waals surface area contributed by atoms with Crippen LogP contribution in [0.25, 0.3) is 0 Å². The average molecular weight is 201 g/mol. The van der Waals surface area contributed by atoms with Crippen LogP contribution in [0.1, 0.15) is 52.9 Å². The molecule has 0 spiro atoms. The summed E-state index contributed by atoms with van der Waals surface area (Å²) >= 11 is 0. The Balaban J connectivity index is 3.77. The van der Waals surface area contributed by atoms with Gasteiger partial charge in [0, 0.05) is 5.54 Å². The van der Waals surface area contributed by atoms with Gasteiger partial charge in [0.1, 0.15) is 0 Å². The van der Waals surface area contributed by atoms with Crippen molar-refractivity contribution < 1.29 is 5.11 Å². The van der Waals surface area contributed by atoms with Crippen molar-refractivity contribution in [3.63, 3.8) is 0 Å². The third-order valence-corrected chi connectivity index (χ3v) is 3.30. The van der Waals surface area contributed by atoms with E-state index in [1.54, 1.807) is 0 Å². The first-order valence-corrected chi connectivity index (χ1v) is 5.78. The molecule has 0 saturated carbocycles. The van der Waals surface area contributed by atoms with Crippen LogP contribution >= 0.6 is 0 Å². The van der Waals surface area contributed by atoms with Crippen LogP contribution in [-0.4, -0.2) is 35.7 Å². The molecule has 0 aliphatic heterocycles. The molecule has 0 heterocycles. The van der Waals surface area contributed by atoms with E-state index < -0.39 is 0 Å². The van der Waals surface area contributed by atoms with Gasteiger partial charge in [0.05, 0.1) is 6.10 Å². The van der Waals surface area contributed by atoms with E-state index in [-0.39, 0.29) is 11.6 Å². The van der Waals surface area contributed by atoms with Gasteiger partial charge in [-0.05, 0) is 34.4 Å². The second-order valence-electron chi connectivity index (χ2n) is 4.91. The second kappa shape index (κ2) is 6.41. The van der Waals surface area contributed by atoms with Crippen LogP contribution in [-0.2, 0) is 0 Å². The van der Waals surface area contributed by atoms with E-state index in [2.05, 4.69) is 25.7 Å². The first-order chi connectivity index (χ1) is 6.42. The van der Waals surface area contributed by atoms with Crippen molar-refractivity contribution in [2.24, 2.45) is 0 Å². The Labute approximate surface area is 89.3 Å². The van der Waals surface area contributed by atoms with Crippen molar-refractivity contribution >= 4 is 0 Å². The van der Waals surface area contributed by atoms with Crippen molar-refractivity contribution in [3.8, 4) is 0 Å². The van der Waals surface area contributed by atoms with Gasteiger partial charge in [0.2, 0.25) is 0 Å². The fourth-order valence-corrected chi connectivity index (χ4v) is 1.42. The summed E-state index contributed by atoms with van der Waals surface area (Å²) < 4.78 is 0. The zero-order valence-corrected chi connectivity index (χ0v) is 10.5. The first kappa shape index (κ1) is 13.9. The number of hydrogen-bond donors (Lipinski definition) is 1. The first-order valence-electron chi connectivity index (χ1n) is 5.78. The number of nitrogens with zero attached hydrogens (tertiary/aromatic N) is 1. The molecule has 0 aliphatic rings. The lowest BCUT2D eigenvalue weighted by atomic mass is 9.91. The molecule has 0 rings (SSSR count). The summed E-state index contributed by atoms with van der Waals surface area (Å²) in [5, 5.41) is 10.0. The summed E-state index contributed by atoms with van der Waals surface area (Å²) in [6, 6.07) is 0. The maximum absolute atomic E-state index is 10.0. The molecule has 0 fully saturated rings. The number of rotatable bonds is 7. The third kappa shape index (κ3) is 4.43. The average Bonchev–Trinajstić information content (AvgIpc) is 2.11. The number of likely N-dealkylation sites (N-methyl/N-ethyl adjacent to an activating group) is 1. The van der Waals surface area contributed by atoms with Gasteiger partial charge in [0.15, 0.2) is 0 Å². The molecular formula is C12H27NO. The molecule has 2 nitrogen and oxygen atoms in total. The van der Waals surface area contributed by atoms with Crippen molar-refractivity contribution in [2.45, 2.75) is 64.5 Å². The molecule has 0 bridgehead atoms. The van der Waals surface area contributed by atoms with Gasteiger partial charge < -0.3 is 10.0 Å². The molecule has 0 aromatic carbocycles. The van der Waals surface area contributed by atoms with Crippen LogP contribution in [0.2, 0.25) is 0 Å². The van der Waals surface area contributed by atoms with Crippen molar-refractivity contribution in [3.05, 3.63) is 0 Å². The van der Waals surface area contributed by atoms with Gasteiger partial charge in [0.25, 0.3) is 0 Å². The molecule has 0 aliphatic carbocycles. The minimum atomic E-state index is -0.214. The van der Waals surface area contributed by atoms with E-state index in [9.17, 15) is 5.11 Å². The highest BCUT2D eigenvalue weighted by molar-refractivity contribution is 4.85. The van der Waals surface area contributed by atoms with E-state index in [4.69, 9.17) is 0 Å². The molecule has 0 saturated heterocycles. The molecule has 0 radical (unpaired) electrons. The maximum atomic E-state index is 10.0. The van der Waals surface area contributed by atoms with Gasteiger partial charge in [-0.15, -0.1) is 0 Å². The molecule has 0 aromatic rings. The van der Waals surface area contributed by atoms with E-state index in [0.717, 1.165) is 12.8 Å². The van der Waals surface area contributed by atoms with Gasteiger partial charge in [-0.2, -0.15) is 0 Å². The third-order valence-electron chi connectivity index (χ3n) is 3.30. The molecular weight excluding hydrogens is 174 g/mol. The standard InChI is InChI=1S/C12H27NO/c1-6-7-8-9-10-11(14)12(2,3)13(4)5/h11,14H,6-10H2,1-5H3. The molecule has 1 atom stereocenters. The molecule has 14 heavy (non-hydrogen) atoms. The predicted octanol–water partition coefficient (Wildman–Crippen LogP) is 2.66. The van der Waals surface area contributed by atoms with Crippen LogP contribution in [0.3, 0.4) is 0 Å². The van der Waals surface area contributed by atoms with Crippen LogP contribution in [0, 0.1) is 0 Å². The molecule has 1 N–H and O–H groups in total. The number of unbranched alkanes of at least 4 members (excludes halogenated alkanes) is 3. The molecule has 0 amide bonds. The van der Waals surface area contributed by atoms with Crippen LogP contribution < -0.4 is 0 Å². The molecule has 2 heteroatoms. The lowest BCUT2D eigenvalue weighted by Crippen LogP contribution is -2.48. The highest BCUT2D eigenvalue weighted by Gasteiger charge is 2.29. The Kier molecular flexibility index (Phi) is 6.38. The monoisotopic (exact) mass is 201 g/mol. The van der Waals surface area contributed by atoms with Gasteiger partial charge in [-0.25, -0.2) is 0 Å². The van der Waals surface area contributed by atoms with E-state index in [1.807, 2.05) is 14.1 Å². The fraction of sp³-hybridized carbons (Fsp3) is 1.00. The van der Waals surface area contributed by atoms with Gasteiger partial charge in [-0.1, -0.05) is 32.6 Å². The van der Waals surface area contributed by atoms with Crippen LogP contribution in [0.15, 0.2) is 0 Å². The Hall–Kier alpha value is -0.0800. The fourth-order valence-electron chi connectivity index (χ4n) is 1.42. The number of aliphatic hydroxyl groups excluding tert-OH is 1. The maximum Gasteiger partial charge on any atom is 0.0718 e. The summed E-state index contributed by atoms with van der Waals surface area (Å²) in [6.45, 7) is 6.40. The largest absolute Gasteiger partial charge is 0.391 e. The Morgan fingerprint density at radius 2 is 1.71 bits per heavy atom. The smallest absolute Gasteiger partial charge is 0.0718 e. The second-order valence-corrected chi connectivity index (χ2v) is 4.91.